The number of carbonyl (C=O) groups is 1. The van der Waals surface area contributed by atoms with Gasteiger partial charge in [0.25, 0.3) is 5.56 Å². The summed E-state index contributed by atoms with van der Waals surface area (Å²) in [7, 11) is 0. The van der Waals surface area contributed by atoms with E-state index < -0.39 is 5.97 Å². The zero-order valence-electron chi connectivity index (χ0n) is 20.0. The van der Waals surface area contributed by atoms with E-state index in [0.29, 0.717) is 6.54 Å². The Kier molecular flexibility index (Phi) is 6.80. The summed E-state index contributed by atoms with van der Waals surface area (Å²) in [6.45, 7) is 0.518. The molecule has 2 aromatic heterocycles. The van der Waals surface area contributed by atoms with Crippen LogP contribution in [0.15, 0.2) is 114 Å². The Labute approximate surface area is 209 Å². The molecule has 5 rings (SSSR count). The van der Waals surface area contributed by atoms with Crippen molar-refractivity contribution in [2.75, 3.05) is 0 Å². The highest BCUT2D eigenvalue weighted by Gasteiger charge is 2.17. The van der Waals surface area contributed by atoms with E-state index in [0.717, 1.165) is 34.9 Å². The van der Waals surface area contributed by atoms with Crippen molar-refractivity contribution in [3.8, 4) is 0 Å². The highest BCUT2D eigenvalue weighted by molar-refractivity contribution is 5.85. The number of aryl methyl sites for hydroxylation is 2. The van der Waals surface area contributed by atoms with Gasteiger partial charge in [0.05, 0.1) is 0 Å². The lowest BCUT2D eigenvalue weighted by Crippen LogP contribution is -2.20. The molecule has 2 heterocycles. The maximum Gasteiger partial charge on any atom is 0.323 e. The van der Waals surface area contributed by atoms with Crippen LogP contribution in [0.5, 0.6) is 0 Å². The Bertz CT molecular complexity index is 1500. The summed E-state index contributed by atoms with van der Waals surface area (Å²) >= 11 is 0. The second kappa shape index (κ2) is 10.5. The Morgan fingerprint density at radius 1 is 0.722 bits per heavy atom. The number of carboxylic acid groups (broad SMARTS) is 1. The van der Waals surface area contributed by atoms with Gasteiger partial charge in [-0.3, -0.25) is 9.59 Å². The number of benzene rings is 3. The molecule has 5 nitrogen and oxygen atoms in total. The van der Waals surface area contributed by atoms with Crippen LogP contribution >= 0.6 is 0 Å². The summed E-state index contributed by atoms with van der Waals surface area (Å²) in [6, 6.07) is 32.2. The molecule has 0 atom stereocenters. The minimum atomic E-state index is -0.864. The maximum absolute atomic E-state index is 12.7. The van der Waals surface area contributed by atoms with Gasteiger partial charge in [0.1, 0.15) is 6.54 Å². The van der Waals surface area contributed by atoms with E-state index >= 15 is 0 Å². The third kappa shape index (κ3) is 5.01. The Hall–Kier alpha value is -4.38. The molecule has 0 fully saturated rings. The van der Waals surface area contributed by atoms with Crippen LogP contribution in [0, 0.1) is 0 Å². The number of para-hydroxylation sites is 1. The molecular formula is C31H28N2O3. The van der Waals surface area contributed by atoms with Crippen LogP contribution in [-0.4, -0.2) is 20.2 Å². The molecule has 5 heteroatoms. The summed E-state index contributed by atoms with van der Waals surface area (Å²) in [5.74, 6) is -0.828. The van der Waals surface area contributed by atoms with Gasteiger partial charge < -0.3 is 14.2 Å². The Balaban J connectivity index is 1.40. The number of hydrogen-bond donors (Lipinski definition) is 1. The van der Waals surface area contributed by atoms with Crippen molar-refractivity contribution < 1.29 is 9.90 Å². The van der Waals surface area contributed by atoms with Crippen molar-refractivity contribution in [1.82, 2.24) is 9.13 Å². The van der Waals surface area contributed by atoms with Gasteiger partial charge in [-0.25, -0.2) is 0 Å². The standard InChI is InChI=1S/C31H28N2O3/c34-29-18-17-26(31(23-10-3-1-4-11-23)24-12-5-2-6-13-24)21-32(29)19-9-14-25-20-33(22-30(35)36)28-16-8-7-15-27(25)28/h1-8,10-13,15-18,20-21,31H,9,14,19,22H2,(H,35,36). The lowest BCUT2D eigenvalue weighted by molar-refractivity contribution is -0.137. The Morgan fingerprint density at radius 2 is 1.36 bits per heavy atom. The van der Waals surface area contributed by atoms with E-state index in [4.69, 9.17) is 0 Å². The number of pyridine rings is 1. The first-order valence-electron chi connectivity index (χ1n) is 12.2. The SMILES string of the molecule is O=C(O)Cn1cc(CCCn2cc(C(c3ccccc3)c3ccccc3)ccc2=O)c2ccccc21. The molecule has 5 aromatic rings. The van der Waals surface area contributed by atoms with Gasteiger partial charge in [-0.1, -0.05) is 84.9 Å². The van der Waals surface area contributed by atoms with E-state index in [9.17, 15) is 14.7 Å². The molecule has 0 unspecified atom stereocenters. The molecule has 3 aromatic carbocycles. The van der Waals surface area contributed by atoms with Crippen LogP contribution in [-0.2, 0) is 24.3 Å². The zero-order chi connectivity index (χ0) is 24.9. The molecule has 0 saturated heterocycles. The molecule has 0 saturated carbocycles. The first-order valence-corrected chi connectivity index (χ1v) is 12.2. The third-order valence-corrected chi connectivity index (χ3v) is 6.63. The number of aromatic nitrogens is 2. The van der Waals surface area contributed by atoms with Gasteiger partial charge >= 0.3 is 5.97 Å². The van der Waals surface area contributed by atoms with Crippen molar-refractivity contribution in [1.29, 1.82) is 0 Å². The average Bonchev–Trinajstić information content (AvgIpc) is 3.24. The summed E-state index contributed by atoms with van der Waals surface area (Å²) in [6.07, 6.45) is 5.44. The monoisotopic (exact) mass is 476 g/mol. The fraction of sp³-hybridized carbons (Fsp3) is 0.161. The number of nitrogens with zero attached hydrogens (tertiary/aromatic N) is 2. The van der Waals surface area contributed by atoms with E-state index in [1.54, 1.807) is 15.2 Å². The van der Waals surface area contributed by atoms with Crippen molar-refractivity contribution in [3.63, 3.8) is 0 Å². The van der Waals surface area contributed by atoms with Crippen molar-refractivity contribution in [2.45, 2.75) is 31.8 Å². The fourth-order valence-corrected chi connectivity index (χ4v) is 5.00. The highest BCUT2D eigenvalue weighted by atomic mass is 16.4. The van der Waals surface area contributed by atoms with Crippen LogP contribution < -0.4 is 5.56 Å². The molecule has 0 amide bonds. The molecule has 0 radical (unpaired) electrons. The number of carboxylic acids is 1. The maximum atomic E-state index is 12.7. The molecular weight excluding hydrogens is 448 g/mol. The lowest BCUT2D eigenvalue weighted by atomic mass is 9.86. The highest BCUT2D eigenvalue weighted by Crippen LogP contribution is 2.31. The van der Waals surface area contributed by atoms with Gasteiger partial charge in [0.15, 0.2) is 0 Å². The second-order valence-electron chi connectivity index (χ2n) is 9.05. The largest absolute Gasteiger partial charge is 0.480 e. The second-order valence-corrected chi connectivity index (χ2v) is 9.05. The molecule has 1 N–H and O–H groups in total. The van der Waals surface area contributed by atoms with E-state index in [2.05, 4.69) is 24.3 Å². The van der Waals surface area contributed by atoms with Gasteiger partial charge in [-0.15, -0.1) is 0 Å². The average molecular weight is 477 g/mol. The summed E-state index contributed by atoms with van der Waals surface area (Å²) in [5.41, 5.74) is 5.43. The molecule has 36 heavy (non-hydrogen) atoms. The number of rotatable bonds is 9. The quantitative estimate of drug-likeness (QED) is 0.297. The number of hydrogen-bond acceptors (Lipinski definition) is 2. The van der Waals surface area contributed by atoms with Crippen molar-refractivity contribution in [2.24, 2.45) is 0 Å². The zero-order valence-corrected chi connectivity index (χ0v) is 20.0. The van der Waals surface area contributed by atoms with E-state index in [1.807, 2.05) is 79.1 Å². The normalized spacial score (nSPS) is 11.2. The minimum absolute atomic E-state index is 0.0214. The van der Waals surface area contributed by atoms with E-state index in [-0.39, 0.29) is 18.0 Å². The van der Waals surface area contributed by atoms with Gasteiger partial charge in [0, 0.05) is 41.8 Å². The molecule has 0 bridgehead atoms. The van der Waals surface area contributed by atoms with Gasteiger partial charge in [0.2, 0.25) is 0 Å². The smallest absolute Gasteiger partial charge is 0.323 e. The van der Waals surface area contributed by atoms with Gasteiger partial charge in [-0.2, -0.15) is 0 Å². The predicted octanol–water partition coefficient (Wildman–Crippen LogP) is 5.70. The predicted molar refractivity (Wildman–Crippen MR) is 142 cm³/mol. The molecule has 0 spiro atoms. The van der Waals surface area contributed by atoms with E-state index in [1.165, 1.54) is 11.1 Å². The van der Waals surface area contributed by atoms with Crippen LogP contribution in [0.25, 0.3) is 10.9 Å². The van der Waals surface area contributed by atoms with Crippen LogP contribution in [0.1, 0.15) is 34.6 Å². The number of aliphatic carboxylic acids is 1. The van der Waals surface area contributed by atoms with Gasteiger partial charge in [-0.05, 0) is 41.2 Å². The molecule has 0 aliphatic carbocycles. The first kappa shape index (κ1) is 23.4. The summed E-state index contributed by atoms with van der Waals surface area (Å²) in [4.78, 5) is 24.0. The Morgan fingerprint density at radius 3 is 2.03 bits per heavy atom. The fourth-order valence-electron chi connectivity index (χ4n) is 5.00. The van der Waals surface area contributed by atoms with Crippen molar-refractivity contribution >= 4 is 16.9 Å². The third-order valence-electron chi connectivity index (χ3n) is 6.63. The van der Waals surface area contributed by atoms with Crippen LogP contribution in [0.4, 0.5) is 0 Å². The van der Waals surface area contributed by atoms with Crippen LogP contribution in [0.3, 0.4) is 0 Å². The number of fused-ring (bicyclic) bond motifs is 1. The molecule has 0 aliphatic rings. The summed E-state index contributed by atoms with van der Waals surface area (Å²) < 4.78 is 3.58. The summed E-state index contributed by atoms with van der Waals surface area (Å²) in [5, 5.41) is 10.3. The first-order chi connectivity index (χ1) is 17.6. The lowest BCUT2D eigenvalue weighted by Gasteiger charge is -2.20. The van der Waals surface area contributed by atoms with Crippen molar-refractivity contribution in [3.05, 3.63) is 142 Å². The minimum Gasteiger partial charge on any atom is -0.480 e. The molecule has 0 aliphatic heterocycles. The topological polar surface area (TPSA) is 64.2 Å². The molecule has 180 valence electrons. The van der Waals surface area contributed by atoms with Crippen LogP contribution in [0.2, 0.25) is 0 Å².